The third-order valence-electron chi connectivity index (χ3n) is 2.22. The van der Waals surface area contributed by atoms with E-state index in [0.29, 0.717) is 0 Å². The zero-order valence-corrected chi connectivity index (χ0v) is 12.0. The van der Waals surface area contributed by atoms with Gasteiger partial charge in [-0.15, -0.1) is 0 Å². The van der Waals surface area contributed by atoms with Crippen molar-refractivity contribution in [3.63, 3.8) is 0 Å². The highest BCUT2D eigenvalue weighted by Crippen LogP contribution is 2.25. The molecule has 0 unspecified atom stereocenters. The molecule has 0 saturated carbocycles. The lowest BCUT2D eigenvalue weighted by molar-refractivity contribution is 0.498. The molecule has 0 amide bonds. The summed E-state index contributed by atoms with van der Waals surface area (Å²) < 4.78 is 65.8. The summed E-state index contributed by atoms with van der Waals surface area (Å²) >= 11 is 3.03. The molecule has 106 valence electrons. The zero-order valence-electron chi connectivity index (χ0n) is 9.57. The lowest BCUT2D eigenvalue weighted by atomic mass is 10.3. The fourth-order valence-corrected chi connectivity index (χ4v) is 3.06. The molecule has 2 rings (SSSR count). The molecule has 0 bridgehead atoms. The summed E-state index contributed by atoms with van der Waals surface area (Å²) in [5.74, 6) is -4.40. The second-order valence-electron chi connectivity index (χ2n) is 3.64. The maximum Gasteiger partial charge on any atom is 0.268 e. The van der Waals surface area contributed by atoms with Gasteiger partial charge < -0.3 is 0 Å². The third-order valence-corrected chi connectivity index (χ3v) is 4.25. The highest BCUT2D eigenvalue weighted by atomic mass is 79.9. The van der Waals surface area contributed by atoms with Gasteiger partial charge in [-0.1, -0.05) is 0 Å². The molecular formula is C11H6BrF3N2O2S. The Kier molecular flexibility index (Phi) is 4.00. The Balaban J connectivity index is 2.50. The highest BCUT2D eigenvalue weighted by Gasteiger charge is 2.26. The van der Waals surface area contributed by atoms with E-state index in [0.717, 1.165) is 0 Å². The van der Waals surface area contributed by atoms with Crippen molar-refractivity contribution in [2.75, 3.05) is 4.72 Å². The van der Waals surface area contributed by atoms with Crippen LogP contribution >= 0.6 is 15.9 Å². The van der Waals surface area contributed by atoms with Crippen LogP contribution in [0.15, 0.2) is 39.8 Å². The number of benzene rings is 1. The van der Waals surface area contributed by atoms with Gasteiger partial charge in [-0.25, -0.2) is 26.6 Å². The second-order valence-corrected chi connectivity index (χ2v) is 6.11. The van der Waals surface area contributed by atoms with Crippen molar-refractivity contribution in [3.05, 3.63) is 52.4 Å². The van der Waals surface area contributed by atoms with Crippen LogP contribution in [0.3, 0.4) is 0 Å². The Bertz CT molecular complexity index is 745. The lowest BCUT2D eigenvalue weighted by Gasteiger charge is -2.10. The molecule has 0 fully saturated rings. The molecule has 0 spiro atoms. The van der Waals surface area contributed by atoms with Crippen LogP contribution in [0, 0.1) is 17.5 Å². The van der Waals surface area contributed by atoms with Crippen molar-refractivity contribution < 1.29 is 21.6 Å². The number of sulfonamides is 1. The number of nitrogens with zero attached hydrogens (tertiary/aromatic N) is 1. The maximum absolute atomic E-state index is 13.5. The number of hydrogen-bond acceptors (Lipinski definition) is 3. The summed E-state index contributed by atoms with van der Waals surface area (Å²) in [7, 11) is -4.57. The Morgan fingerprint density at radius 2 is 1.75 bits per heavy atom. The topological polar surface area (TPSA) is 59.1 Å². The van der Waals surface area contributed by atoms with Crippen molar-refractivity contribution in [2.45, 2.75) is 4.90 Å². The van der Waals surface area contributed by atoms with Crippen LogP contribution in [0.4, 0.5) is 19.0 Å². The van der Waals surface area contributed by atoms with E-state index in [1.807, 2.05) is 4.72 Å². The van der Waals surface area contributed by atoms with Gasteiger partial charge in [0.25, 0.3) is 10.0 Å². The monoisotopic (exact) mass is 366 g/mol. The summed E-state index contributed by atoms with van der Waals surface area (Å²) in [6.07, 6.45) is 1.29. The highest BCUT2D eigenvalue weighted by molar-refractivity contribution is 9.10. The molecule has 1 aromatic carbocycles. The average molecular weight is 367 g/mol. The predicted octanol–water partition coefficient (Wildman–Crippen LogP) is 3.06. The molecule has 0 aliphatic carbocycles. The first kappa shape index (κ1) is 14.8. The number of rotatable bonds is 3. The van der Waals surface area contributed by atoms with Gasteiger partial charge in [0.1, 0.15) is 17.5 Å². The van der Waals surface area contributed by atoms with E-state index in [-0.39, 0.29) is 22.4 Å². The largest absolute Gasteiger partial charge is 0.268 e. The van der Waals surface area contributed by atoms with Crippen molar-refractivity contribution in [3.8, 4) is 0 Å². The predicted molar refractivity (Wildman–Crippen MR) is 69.1 cm³/mol. The van der Waals surface area contributed by atoms with E-state index in [1.54, 1.807) is 0 Å². The Hall–Kier alpha value is -1.61. The molecule has 2 aromatic rings. The van der Waals surface area contributed by atoms with Crippen LogP contribution in [0.1, 0.15) is 0 Å². The van der Waals surface area contributed by atoms with E-state index in [4.69, 9.17) is 0 Å². The molecule has 0 saturated heterocycles. The molecule has 0 aliphatic heterocycles. The molecule has 0 atom stereocenters. The number of nitrogens with one attached hydrogen (secondary N) is 1. The maximum atomic E-state index is 13.5. The first-order valence-corrected chi connectivity index (χ1v) is 7.37. The molecule has 1 aromatic heterocycles. The van der Waals surface area contributed by atoms with Crippen LogP contribution in [0.5, 0.6) is 0 Å². The van der Waals surface area contributed by atoms with E-state index >= 15 is 0 Å². The lowest BCUT2D eigenvalue weighted by Crippen LogP contribution is -2.17. The smallest absolute Gasteiger partial charge is 0.262 e. The molecular weight excluding hydrogens is 361 g/mol. The minimum absolute atomic E-state index is 0.143. The minimum Gasteiger partial charge on any atom is -0.262 e. The van der Waals surface area contributed by atoms with Gasteiger partial charge in [-0.05, 0) is 28.1 Å². The summed E-state index contributed by atoms with van der Waals surface area (Å²) in [4.78, 5) is 2.44. The summed E-state index contributed by atoms with van der Waals surface area (Å²) in [5, 5.41) is 0. The SMILES string of the molecule is O=S(=O)(Nc1ncccc1Br)c1c(F)cc(F)cc1F. The standard InChI is InChI=1S/C11H6BrF3N2O2S/c12-7-2-1-3-16-11(7)17-20(18,19)10-8(14)4-6(13)5-9(10)15/h1-5H,(H,16,17). The molecule has 4 nitrogen and oxygen atoms in total. The normalized spacial score (nSPS) is 11.4. The first-order valence-electron chi connectivity index (χ1n) is 5.09. The number of pyridine rings is 1. The Morgan fingerprint density at radius 3 is 2.30 bits per heavy atom. The average Bonchev–Trinajstić information content (AvgIpc) is 2.30. The van der Waals surface area contributed by atoms with Gasteiger partial charge in [0, 0.05) is 18.3 Å². The van der Waals surface area contributed by atoms with Crippen LogP contribution in [0.2, 0.25) is 0 Å². The van der Waals surface area contributed by atoms with Crippen molar-refractivity contribution in [2.24, 2.45) is 0 Å². The van der Waals surface area contributed by atoms with Gasteiger partial charge in [0.2, 0.25) is 0 Å². The summed E-state index contributed by atoms with van der Waals surface area (Å²) in [6, 6.07) is 3.58. The van der Waals surface area contributed by atoms with Crippen molar-refractivity contribution in [1.82, 2.24) is 4.98 Å². The summed E-state index contributed by atoms with van der Waals surface area (Å²) in [5.41, 5.74) is 0. The first-order chi connectivity index (χ1) is 9.31. The zero-order chi connectivity index (χ0) is 14.9. The quantitative estimate of drug-likeness (QED) is 0.907. The minimum atomic E-state index is -4.57. The van der Waals surface area contributed by atoms with Crippen molar-refractivity contribution in [1.29, 1.82) is 0 Å². The van der Waals surface area contributed by atoms with Crippen LogP contribution < -0.4 is 4.72 Å². The molecule has 1 N–H and O–H groups in total. The van der Waals surface area contributed by atoms with Crippen molar-refractivity contribution >= 4 is 31.8 Å². The molecule has 20 heavy (non-hydrogen) atoms. The van der Waals surface area contributed by atoms with E-state index in [9.17, 15) is 21.6 Å². The molecule has 0 radical (unpaired) electrons. The fraction of sp³-hybridized carbons (Fsp3) is 0. The third kappa shape index (κ3) is 2.93. The van der Waals surface area contributed by atoms with Crippen LogP contribution in [0.25, 0.3) is 0 Å². The van der Waals surface area contributed by atoms with E-state index in [2.05, 4.69) is 20.9 Å². The number of hydrogen-bond donors (Lipinski definition) is 1. The van der Waals surface area contributed by atoms with E-state index in [1.165, 1.54) is 18.3 Å². The van der Waals surface area contributed by atoms with Gasteiger partial charge in [0.05, 0.1) is 4.47 Å². The van der Waals surface area contributed by atoms with Crippen LogP contribution in [-0.4, -0.2) is 13.4 Å². The van der Waals surface area contributed by atoms with E-state index < -0.39 is 32.4 Å². The summed E-state index contributed by atoms with van der Waals surface area (Å²) in [6.45, 7) is 0. The molecule has 1 heterocycles. The molecule has 0 aliphatic rings. The Labute approximate surface area is 120 Å². The fourth-order valence-electron chi connectivity index (χ4n) is 1.42. The number of anilines is 1. The Morgan fingerprint density at radius 1 is 1.15 bits per heavy atom. The number of aromatic nitrogens is 1. The van der Waals surface area contributed by atoms with Gasteiger partial charge in [-0.2, -0.15) is 0 Å². The van der Waals surface area contributed by atoms with Gasteiger partial charge >= 0.3 is 0 Å². The van der Waals surface area contributed by atoms with Gasteiger partial charge in [-0.3, -0.25) is 4.72 Å². The second kappa shape index (κ2) is 5.41. The molecule has 9 heteroatoms. The van der Waals surface area contributed by atoms with Crippen LogP contribution in [-0.2, 0) is 10.0 Å². The van der Waals surface area contributed by atoms with Gasteiger partial charge in [0.15, 0.2) is 10.7 Å². The number of halogens is 4.